The summed E-state index contributed by atoms with van der Waals surface area (Å²) in [6.45, 7) is 0. The van der Waals surface area contributed by atoms with Crippen molar-refractivity contribution in [3.05, 3.63) is 57.8 Å². The molecule has 1 aliphatic carbocycles. The molecule has 1 saturated carbocycles. The van der Waals surface area contributed by atoms with Crippen molar-refractivity contribution in [3.8, 4) is 5.75 Å². The lowest BCUT2D eigenvalue weighted by molar-refractivity contribution is -0.118. The molecule has 1 heterocycles. The third kappa shape index (κ3) is 3.95. The van der Waals surface area contributed by atoms with Gasteiger partial charge in [-0.15, -0.1) is 0 Å². The highest BCUT2D eigenvalue weighted by atomic mass is 35.5. The molecule has 3 rings (SSSR count). The molecule has 0 radical (unpaired) electrons. The van der Waals surface area contributed by atoms with Gasteiger partial charge in [0.25, 0.3) is 5.91 Å². The Labute approximate surface area is 162 Å². The maximum atomic E-state index is 12.5. The minimum absolute atomic E-state index is 0.334. The van der Waals surface area contributed by atoms with E-state index < -0.39 is 5.60 Å². The highest BCUT2D eigenvalue weighted by Crippen LogP contribution is 2.45. The van der Waals surface area contributed by atoms with Gasteiger partial charge in [-0.2, -0.15) is 0 Å². The highest BCUT2D eigenvalue weighted by molar-refractivity contribution is 6.35. The van der Waals surface area contributed by atoms with Crippen molar-refractivity contribution >= 4 is 29.1 Å². The topological polar surface area (TPSA) is 60.5 Å². The summed E-state index contributed by atoms with van der Waals surface area (Å²) in [5, 5.41) is 0.885. The van der Waals surface area contributed by atoms with E-state index in [1.165, 1.54) is 0 Å². The Kier molecular flexibility index (Phi) is 6.01. The summed E-state index contributed by atoms with van der Waals surface area (Å²) in [7, 11) is 1.58. The summed E-state index contributed by atoms with van der Waals surface area (Å²) in [6.07, 6.45) is 7.58. The summed E-state index contributed by atoms with van der Waals surface area (Å²) in [5.41, 5.74) is 2.99. The van der Waals surface area contributed by atoms with Crippen molar-refractivity contribution < 1.29 is 14.4 Å². The highest BCUT2D eigenvalue weighted by Gasteiger charge is 2.40. The summed E-state index contributed by atoms with van der Waals surface area (Å²) < 4.78 is 5.11. The SMILES string of the molecule is COc1ccc(C(=O)NOC2(c3c(Cl)cncc3Cl)CCCCC2)cc1. The van der Waals surface area contributed by atoms with E-state index in [0.29, 0.717) is 26.9 Å². The van der Waals surface area contributed by atoms with Crippen LogP contribution in [-0.2, 0) is 10.4 Å². The average molecular weight is 395 g/mol. The van der Waals surface area contributed by atoms with Crippen LogP contribution in [-0.4, -0.2) is 18.0 Å². The molecule has 5 nitrogen and oxygen atoms in total. The van der Waals surface area contributed by atoms with Gasteiger partial charge < -0.3 is 4.74 Å². The lowest BCUT2D eigenvalue weighted by Gasteiger charge is -2.37. The van der Waals surface area contributed by atoms with Crippen LogP contribution >= 0.6 is 23.2 Å². The van der Waals surface area contributed by atoms with Gasteiger partial charge >= 0.3 is 0 Å². The Morgan fingerprint density at radius 3 is 2.27 bits per heavy atom. The van der Waals surface area contributed by atoms with E-state index in [9.17, 15) is 4.79 Å². The number of carbonyl (C=O) groups is 1. The van der Waals surface area contributed by atoms with Crippen LogP contribution in [0.1, 0.15) is 48.0 Å². The molecule has 1 aromatic heterocycles. The summed E-state index contributed by atoms with van der Waals surface area (Å²) >= 11 is 12.7. The van der Waals surface area contributed by atoms with Crippen molar-refractivity contribution in [2.45, 2.75) is 37.7 Å². The minimum Gasteiger partial charge on any atom is -0.497 e. The second-order valence-corrected chi connectivity index (χ2v) is 7.11. The van der Waals surface area contributed by atoms with Crippen LogP contribution in [0.5, 0.6) is 5.75 Å². The average Bonchev–Trinajstić information content (AvgIpc) is 2.67. The van der Waals surface area contributed by atoms with E-state index in [1.54, 1.807) is 43.8 Å². The lowest BCUT2D eigenvalue weighted by Crippen LogP contribution is -2.40. The van der Waals surface area contributed by atoms with Gasteiger partial charge in [0.2, 0.25) is 0 Å². The van der Waals surface area contributed by atoms with E-state index in [2.05, 4.69) is 10.5 Å². The first-order valence-corrected chi connectivity index (χ1v) is 9.23. The molecule has 1 amide bonds. The first kappa shape index (κ1) is 19.0. The number of hydroxylamine groups is 1. The van der Waals surface area contributed by atoms with Crippen molar-refractivity contribution in [1.82, 2.24) is 10.5 Å². The fourth-order valence-corrected chi connectivity index (χ4v) is 4.03. The molecule has 7 heteroatoms. The predicted octanol–water partition coefficient (Wildman–Crippen LogP) is 4.92. The Balaban J connectivity index is 1.82. The maximum absolute atomic E-state index is 12.5. The van der Waals surface area contributed by atoms with E-state index in [1.807, 2.05) is 0 Å². The maximum Gasteiger partial charge on any atom is 0.274 e. The van der Waals surface area contributed by atoms with Crippen molar-refractivity contribution in [2.75, 3.05) is 7.11 Å². The van der Waals surface area contributed by atoms with Gasteiger partial charge in [0, 0.05) is 23.5 Å². The zero-order valence-electron chi connectivity index (χ0n) is 14.4. The molecular formula is C19H20Cl2N2O3. The van der Waals surface area contributed by atoms with Crippen LogP contribution in [0.15, 0.2) is 36.7 Å². The van der Waals surface area contributed by atoms with Crippen LogP contribution in [0.2, 0.25) is 10.0 Å². The van der Waals surface area contributed by atoms with Crippen LogP contribution in [0, 0.1) is 0 Å². The lowest BCUT2D eigenvalue weighted by atomic mass is 9.80. The molecule has 138 valence electrons. The van der Waals surface area contributed by atoms with Crippen LogP contribution in [0.3, 0.4) is 0 Å². The first-order chi connectivity index (χ1) is 12.6. The third-order valence-electron chi connectivity index (χ3n) is 4.66. The normalized spacial score (nSPS) is 16.1. The molecule has 26 heavy (non-hydrogen) atoms. The summed E-state index contributed by atoms with van der Waals surface area (Å²) in [5.74, 6) is 0.348. The summed E-state index contributed by atoms with van der Waals surface area (Å²) in [4.78, 5) is 22.4. The Morgan fingerprint density at radius 1 is 1.08 bits per heavy atom. The number of hydrogen-bond donors (Lipinski definition) is 1. The quantitative estimate of drug-likeness (QED) is 0.731. The number of methoxy groups -OCH3 is 1. The summed E-state index contributed by atoms with van der Waals surface area (Å²) in [6, 6.07) is 6.80. The Hall–Kier alpha value is -1.82. The number of benzene rings is 1. The monoisotopic (exact) mass is 394 g/mol. The zero-order chi connectivity index (χ0) is 18.6. The zero-order valence-corrected chi connectivity index (χ0v) is 15.9. The molecule has 0 unspecified atom stereocenters. The van der Waals surface area contributed by atoms with Crippen molar-refractivity contribution in [2.24, 2.45) is 0 Å². The van der Waals surface area contributed by atoms with Crippen LogP contribution in [0.25, 0.3) is 0 Å². The van der Waals surface area contributed by atoms with Crippen LogP contribution in [0.4, 0.5) is 0 Å². The van der Waals surface area contributed by atoms with E-state index in [-0.39, 0.29) is 5.91 Å². The smallest absolute Gasteiger partial charge is 0.274 e. The molecule has 1 aromatic carbocycles. The molecule has 0 bridgehead atoms. The Bertz CT molecular complexity index is 755. The largest absolute Gasteiger partial charge is 0.497 e. The van der Waals surface area contributed by atoms with Crippen LogP contribution < -0.4 is 10.2 Å². The van der Waals surface area contributed by atoms with Gasteiger partial charge in [-0.25, -0.2) is 5.48 Å². The first-order valence-electron chi connectivity index (χ1n) is 8.47. The van der Waals surface area contributed by atoms with Gasteiger partial charge in [-0.1, -0.05) is 42.5 Å². The van der Waals surface area contributed by atoms with E-state index in [0.717, 1.165) is 32.1 Å². The number of amides is 1. The number of nitrogens with zero attached hydrogens (tertiary/aromatic N) is 1. The second kappa shape index (κ2) is 8.25. The molecule has 0 atom stereocenters. The molecule has 1 aliphatic rings. The standard InChI is InChI=1S/C19H20Cl2N2O3/c1-25-14-7-5-13(6-8-14)18(24)23-26-19(9-3-2-4-10-19)17-15(20)11-22-12-16(17)21/h5-8,11-12H,2-4,9-10H2,1H3,(H,23,24). The van der Waals surface area contributed by atoms with Gasteiger partial charge in [-0.05, 0) is 37.1 Å². The number of nitrogens with one attached hydrogen (secondary N) is 1. The Morgan fingerprint density at radius 2 is 1.69 bits per heavy atom. The third-order valence-corrected chi connectivity index (χ3v) is 5.23. The molecule has 2 aromatic rings. The predicted molar refractivity (Wildman–Crippen MR) is 101 cm³/mol. The van der Waals surface area contributed by atoms with E-state index >= 15 is 0 Å². The van der Waals surface area contributed by atoms with E-state index in [4.69, 9.17) is 32.8 Å². The fourth-order valence-electron chi connectivity index (χ4n) is 3.32. The molecular weight excluding hydrogens is 375 g/mol. The number of ether oxygens (including phenoxy) is 1. The molecule has 0 saturated heterocycles. The number of aromatic nitrogens is 1. The van der Waals surface area contributed by atoms with Gasteiger partial charge in [0.15, 0.2) is 0 Å². The molecule has 0 aliphatic heterocycles. The second-order valence-electron chi connectivity index (χ2n) is 6.29. The number of pyridine rings is 1. The van der Waals surface area contributed by atoms with Crippen molar-refractivity contribution in [1.29, 1.82) is 0 Å². The minimum atomic E-state index is -0.752. The van der Waals surface area contributed by atoms with Gasteiger partial charge in [-0.3, -0.25) is 14.6 Å². The number of hydrogen-bond acceptors (Lipinski definition) is 4. The van der Waals surface area contributed by atoms with Crippen molar-refractivity contribution in [3.63, 3.8) is 0 Å². The number of halogens is 2. The van der Waals surface area contributed by atoms with Gasteiger partial charge in [0.1, 0.15) is 11.4 Å². The van der Waals surface area contributed by atoms with Gasteiger partial charge in [0.05, 0.1) is 17.2 Å². The fraction of sp³-hybridized carbons (Fsp3) is 0.368. The molecule has 0 spiro atoms. The number of carbonyl (C=O) groups excluding carboxylic acids is 1. The molecule has 1 N–H and O–H groups in total. The number of rotatable bonds is 5. The molecule has 1 fully saturated rings.